The monoisotopic (exact) mass is 1510 g/mol. The van der Waals surface area contributed by atoms with E-state index in [9.17, 15) is 0 Å². The number of fused-ring (bicyclic) bond motifs is 12. The van der Waals surface area contributed by atoms with Crippen LogP contribution in [-0.2, 0) is 10.8 Å². The molecule has 21 aromatic rings. The molecule has 23 rings (SSSR count). The summed E-state index contributed by atoms with van der Waals surface area (Å²) in [5.41, 5.74) is 29.4. The van der Waals surface area contributed by atoms with Crippen molar-refractivity contribution in [1.82, 2.24) is 29.9 Å². The molecular formula is C110H70N6O2. The maximum absolute atomic E-state index is 6.86. The third-order valence-electron chi connectivity index (χ3n) is 23.6. The molecule has 118 heavy (non-hydrogen) atoms. The van der Waals surface area contributed by atoms with Crippen molar-refractivity contribution in [2.75, 3.05) is 0 Å². The summed E-state index contributed by atoms with van der Waals surface area (Å²) in [4.78, 5) is 30.1. The van der Waals surface area contributed by atoms with E-state index < -0.39 is 10.8 Å². The summed E-state index contributed by atoms with van der Waals surface area (Å²) in [6, 6.07) is 150. The van der Waals surface area contributed by atoms with E-state index in [1.54, 1.807) is 0 Å². The maximum atomic E-state index is 6.86. The zero-order chi connectivity index (χ0) is 78.1. The lowest BCUT2D eigenvalue weighted by atomic mass is 9.67. The summed E-state index contributed by atoms with van der Waals surface area (Å²) in [5.74, 6) is 3.70. The first-order chi connectivity index (χ1) is 58.4. The van der Waals surface area contributed by atoms with Gasteiger partial charge in [0.1, 0.15) is 22.3 Å². The topological polar surface area (TPSA) is 104 Å². The lowest BCUT2D eigenvalue weighted by molar-refractivity contribution is 0.665. The van der Waals surface area contributed by atoms with Crippen molar-refractivity contribution in [3.8, 4) is 124 Å². The van der Waals surface area contributed by atoms with Crippen LogP contribution in [0.25, 0.3) is 168 Å². The summed E-state index contributed by atoms with van der Waals surface area (Å²) in [5, 5.41) is 4.30. The van der Waals surface area contributed by atoms with E-state index in [0.29, 0.717) is 34.9 Å². The van der Waals surface area contributed by atoms with Gasteiger partial charge < -0.3 is 8.83 Å². The first-order valence-electron chi connectivity index (χ1n) is 39.9. The summed E-state index contributed by atoms with van der Waals surface area (Å²) in [6.45, 7) is 0. The average molecular weight is 1510 g/mol. The second-order valence-electron chi connectivity index (χ2n) is 30.3. The minimum absolute atomic E-state index is 0.475. The van der Waals surface area contributed by atoms with Crippen LogP contribution in [0, 0.1) is 0 Å². The average Bonchev–Trinajstić information content (AvgIpc) is 1.54. The molecule has 0 unspecified atom stereocenters. The molecule has 8 heteroatoms. The van der Waals surface area contributed by atoms with Crippen LogP contribution >= 0.6 is 0 Å². The van der Waals surface area contributed by atoms with Crippen molar-refractivity contribution in [2.24, 2.45) is 0 Å². The Balaban J connectivity index is 0.000000143. The fourth-order valence-electron chi connectivity index (χ4n) is 18.2. The Morgan fingerprint density at radius 3 is 0.754 bits per heavy atom. The van der Waals surface area contributed by atoms with E-state index in [1.807, 2.05) is 103 Å². The highest BCUT2D eigenvalue weighted by Gasteiger charge is 2.48. The van der Waals surface area contributed by atoms with Crippen LogP contribution in [0.5, 0.6) is 0 Å². The van der Waals surface area contributed by atoms with E-state index in [4.69, 9.17) is 38.7 Å². The summed E-state index contributed by atoms with van der Waals surface area (Å²) in [7, 11) is 0. The highest BCUT2D eigenvalue weighted by molar-refractivity contribution is 6.08. The minimum atomic E-state index is -0.514. The van der Waals surface area contributed by atoms with Crippen molar-refractivity contribution in [3.05, 3.63) is 469 Å². The maximum Gasteiger partial charge on any atom is 0.164 e. The second kappa shape index (κ2) is 28.8. The molecule has 0 saturated carbocycles. The lowest BCUT2D eigenvalue weighted by Gasteiger charge is -2.33. The van der Waals surface area contributed by atoms with Crippen LogP contribution in [0.15, 0.2) is 433 Å². The van der Waals surface area contributed by atoms with E-state index >= 15 is 0 Å². The van der Waals surface area contributed by atoms with Gasteiger partial charge in [-0.2, -0.15) is 0 Å². The number of hydrogen-bond donors (Lipinski definition) is 0. The number of aromatic nitrogens is 6. The largest absolute Gasteiger partial charge is 0.456 e. The highest BCUT2D eigenvalue weighted by atomic mass is 16.3. The van der Waals surface area contributed by atoms with Crippen LogP contribution in [0.2, 0.25) is 0 Å². The second-order valence-corrected chi connectivity index (χ2v) is 30.3. The van der Waals surface area contributed by atoms with Gasteiger partial charge >= 0.3 is 0 Å². The molecule has 0 bridgehead atoms. The molecule has 4 heterocycles. The van der Waals surface area contributed by atoms with Crippen LogP contribution in [-0.4, -0.2) is 29.9 Å². The Morgan fingerprint density at radius 1 is 0.153 bits per heavy atom. The smallest absolute Gasteiger partial charge is 0.164 e. The molecule has 4 aromatic heterocycles. The third kappa shape index (κ3) is 11.8. The number of rotatable bonds is 13. The molecule has 0 amide bonds. The Hall–Kier alpha value is -15.6. The molecule has 0 fully saturated rings. The highest BCUT2D eigenvalue weighted by Crippen LogP contribution is 2.59. The van der Waals surface area contributed by atoms with Crippen LogP contribution in [0.4, 0.5) is 0 Å². The number of furan rings is 2. The molecule has 0 saturated heterocycles. The van der Waals surface area contributed by atoms with Gasteiger partial charge in [0.2, 0.25) is 0 Å². The van der Waals surface area contributed by atoms with Gasteiger partial charge in [-0.3, -0.25) is 0 Å². The predicted molar refractivity (Wildman–Crippen MR) is 478 cm³/mol. The fraction of sp³-hybridized carbons (Fsp3) is 0.0182. The SMILES string of the molecule is c1ccc(-c2cc(-c3ccccc3)cc(-c3nc(-c4ccccc4)nc(-c4ccc5c(c4)oc4cc(C6(c7ccccc7)c7ccccc7-c7ccccc76)ccc45)n3)c2)cc1.c1ccc(-c2nc(-c3ccccc3)nc(-c3ccc(-c4ccc5c(c4)oc4cc(C6(c7ccccc7)c7ccccc7-c7ccccc76)ccc45)cc3)n2)cc1. The van der Waals surface area contributed by atoms with Gasteiger partial charge in [-0.1, -0.05) is 370 Å². The van der Waals surface area contributed by atoms with Crippen molar-refractivity contribution >= 4 is 43.9 Å². The summed E-state index contributed by atoms with van der Waals surface area (Å²) in [6.07, 6.45) is 0. The van der Waals surface area contributed by atoms with Gasteiger partial charge in [-0.15, -0.1) is 0 Å². The predicted octanol–water partition coefficient (Wildman–Crippen LogP) is 27.3. The Morgan fingerprint density at radius 2 is 0.390 bits per heavy atom. The Kier molecular flexibility index (Phi) is 16.9. The van der Waals surface area contributed by atoms with Gasteiger partial charge in [0.15, 0.2) is 34.9 Å². The number of benzene rings is 17. The zero-order valence-electron chi connectivity index (χ0n) is 63.9. The van der Waals surface area contributed by atoms with Crippen molar-refractivity contribution in [3.63, 3.8) is 0 Å². The van der Waals surface area contributed by atoms with Crippen LogP contribution in [0.3, 0.4) is 0 Å². The lowest BCUT2D eigenvalue weighted by Crippen LogP contribution is -2.28. The van der Waals surface area contributed by atoms with Gasteiger partial charge in [-0.05, 0) is 155 Å². The first-order valence-corrected chi connectivity index (χ1v) is 39.9. The van der Waals surface area contributed by atoms with E-state index in [0.717, 1.165) is 116 Å². The summed E-state index contributed by atoms with van der Waals surface area (Å²) >= 11 is 0. The molecule has 2 aliphatic rings. The van der Waals surface area contributed by atoms with Gasteiger partial charge in [0.25, 0.3) is 0 Å². The quantitative estimate of drug-likeness (QED) is 0.112. The number of nitrogens with zero attached hydrogens (tertiary/aromatic N) is 6. The van der Waals surface area contributed by atoms with Gasteiger partial charge in [0.05, 0.1) is 10.8 Å². The molecule has 8 nitrogen and oxygen atoms in total. The number of hydrogen-bond acceptors (Lipinski definition) is 8. The van der Waals surface area contributed by atoms with Gasteiger partial charge in [0, 0.05) is 54.9 Å². The molecule has 2 aliphatic carbocycles. The van der Waals surface area contributed by atoms with Crippen LogP contribution in [0.1, 0.15) is 44.5 Å². The molecule has 0 radical (unpaired) electrons. The fourth-order valence-corrected chi connectivity index (χ4v) is 18.2. The molecule has 0 atom stereocenters. The van der Waals surface area contributed by atoms with Crippen molar-refractivity contribution in [2.45, 2.75) is 10.8 Å². The molecular weight excluding hydrogens is 1440 g/mol. The normalized spacial score (nSPS) is 12.7. The summed E-state index contributed by atoms with van der Waals surface area (Å²) < 4.78 is 13.6. The minimum Gasteiger partial charge on any atom is -0.456 e. The van der Waals surface area contributed by atoms with Crippen molar-refractivity contribution in [1.29, 1.82) is 0 Å². The Bertz CT molecular complexity index is 7190. The molecule has 552 valence electrons. The molecule has 0 N–H and O–H groups in total. The van der Waals surface area contributed by atoms with Crippen LogP contribution < -0.4 is 0 Å². The zero-order valence-corrected chi connectivity index (χ0v) is 63.9. The van der Waals surface area contributed by atoms with Gasteiger partial charge in [-0.25, -0.2) is 29.9 Å². The Labute approximate surface area is 682 Å². The van der Waals surface area contributed by atoms with Crippen molar-refractivity contribution < 1.29 is 8.83 Å². The first kappa shape index (κ1) is 69.1. The molecule has 0 aliphatic heterocycles. The molecule has 17 aromatic carbocycles. The van der Waals surface area contributed by atoms with E-state index in [-0.39, 0.29) is 0 Å². The molecule has 0 spiro atoms. The standard InChI is InChI=1S/C58H37N3O.C52H33N3O/c1-5-17-38(18-6-1)42-33-43(39-19-7-2-8-20-39)35-44(34-42)57-60-55(40-21-9-3-10-22-40)59-56(61-57)41-29-31-49-50-32-30-46(37-54(50)62-53(49)36-41)58(45-23-11-4-12-24-45)51-27-15-13-25-47(51)48-26-14-16-28-52(48)58;1-4-14-35(15-5-1)49-53-50(36-16-6-2-7-17-36)55-51(54-49)37-26-24-34(25-27-37)38-28-30-43-44-31-29-40(33-48(44)56-47(43)32-38)52(39-18-8-3-9-19-39)45-22-12-10-20-41(45)42-21-11-13-23-46(42)52/h1-37H;1-33H. The van der Waals surface area contributed by atoms with E-state index in [2.05, 4.69) is 322 Å². The third-order valence-corrected chi connectivity index (χ3v) is 23.6. The van der Waals surface area contributed by atoms with E-state index in [1.165, 1.54) is 61.2 Å².